The van der Waals surface area contributed by atoms with Crippen LogP contribution in [0.4, 0.5) is 10.5 Å². The molecule has 0 bridgehead atoms. The molecule has 1 saturated carbocycles. The number of hydrogen-bond donors (Lipinski definition) is 3. The van der Waals surface area contributed by atoms with E-state index in [1.807, 2.05) is 20.8 Å². The number of fused-ring (bicyclic) bond motifs is 1. The van der Waals surface area contributed by atoms with Gasteiger partial charge in [0.15, 0.2) is 6.10 Å². The molecule has 1 heterocycles. The minimum Gasteiger partial charge on any atom is -0.477 e. The van der Waals surface area contributed by atoms with Gasteiger partial charge < -0.3 is 25.4 Å². The fourth-order valence-electron chi connectivity index (χ4n) is 3.63. The Kier molecular flexibility index (Phi) is 6.77. The predicted molar refractivity (Wildman–Crippen MR) is 112 cm³/mol. The van der Waals surface area contributed by atoms with Gasteiger partial charge in [-0.2, -0.15) is 0 Å². The van der Waals surface area contributed by atoms with E-state index in [1.54, 1.807) is 18.2 Å². The zero-order chi connectivity index (χ0) is 21.0. The molecule has 1 fully saturated rings. The highest BCUT2D eigenvalue weighted by molar-refractivity contribution is 6.30. The number of hydrogen-bond acceptors (Lipinski definition) is 5. The Balaban J connectivity index is 1.39. The second-order valence-electron chi connectivity index (χ2n) is 8.74. The molecule has 1 unspecified atom stereocenters. The lowest BCUT2D eigenvalue weighted by molar-refractivity contribution is -0.128. The molecule has 1 aromatic rings. The maximum absolute atomic E-state index is 12.6. The molecule has 3 N–H and O–H groups in total. The number of carbonyl (C=O) groups is 2. The van der Waals surface area contributed by atoms with Crippen LogP contribution in [0.2, 0.25) is 5.02 Å². The normalized spacial score (nSPS) is 23.8. The lowest BCUT2D eigenvalue weighted by Crippen LogP contribution is -2.49. The first-order valence-electron chi connectivity index (χ1n) is 10.2. The summed E-state index contributed by atoms with van der Waals surface area (Å²) in [4.78, 5) is 24.4. The van der Waals surface area contributed by atoms with Crippen LogP contribution >= 0.6 is 11.6 Å². The van der Waals surface area contributed by atoms with Crippen molar-refractivity contribution in [3.63, 3.8) is 0 Å². The summed E-state index contributed by atoms with van der Waals surface area (Å²) in [7, 11) is 0. The average molecular weight is 424 g/mol. The Morgan fingerprint density at radius 1 is 1.24 bits per heavy atom. The van der Waals surface area contributed by atoms with Crippen LogP contribution in [-0.2, 0) is 9.53 Å². The molecule has 0 radical (unpaired) electrons. The minimum atomic E-state index is -0.560. The second kappa shape index (κ2) is 9.11. The van der Waals surface area contributed by atoms with E-state index in [4.69, 9.17) is 21.1 Å². The Morgan fingerprint density at radius 2 is 1.97 bits per heavy atom. The molecule has 2 amide bonds. The largest absolute Gasteiger partial charge is 0.477 e. The summed E-state index contributed by atoms with van der Waals surface area (Å²) in [6.07, 6.45) is 2.74. The molecular weight excluding hydrogens is 394 g/mol. The van der Waals surface area contributed by atoms with Gasteiger partial charge in [-0.05, 0) is 70.6 Å². The van der Waals surface area contributed by atoms with Crippen LogP contribution in [-0.4, -0.2) is 42.8 Å². The Morgan fingerprint density at radius 3 is 2.66 bits per heavy atom. The van der Waals surface area contributed by atoms with Gasteiger partial charge in [-0.15, -0.1) is 0 Å². The number of alkyl carbamates (subject to hydrolysis) is 1. The van der Waals surface area contributed by atoms with Gasteiger partial charge in [0.2, 0.25) is 0 Å². The molecular formula is C21H30ClN3O4. The van der Waals surface area contributed by atoms with E-state index < -0.39 is 11.7 Å². The van der Waals surface area contributed by atoms with Crippen molar-refractivity contribution in [3.05, 3.63) is 23.2 Å². The molecule has 8 heteroatoms. The molecule has 2 aliphatic rings. The molecule has 160 valence electrons. The van der Waals surface area contributed by atoms with Gasteiger partial charge in [-0.3, -0.25) is 4.79 Å². The molecule has 1 aliphatic carbocycles. The van der Waals surface area contributed by atoms with Crippen LogP contribution in [0.1, 0.15) is 46.5 Å². The Bertz CT molecular complexity index is 742. The van der Waals surface area contributed by atoms with E-state index >= 15 is 0 Å². The summed E-state index contributed by atoms with van der Waals surface area (Å²) in [5.74, 6) is 0.936. The van der Waals surface area contributed by atoms with Gasteiger partial charge in [0.25, 0.3) is 5.91 Å². The quantitative estimate of drug-likeness (QED) is 0.687. The smallest absolute Gasteiger partial charge is 0.407 e. The summed E-state index contributed by atoms with van der Waals surface area (Å²) in [6.45, 7) is 6.55. The van der Waals surface area contributed by atoms with Gasteiger partial charge in [0, 0.05) is 17.6 Å². The fourth-order valence-corrected chi connectivity index (χ4v) is 3.81. The first kappa shape index (κ1) is 21.6. The SMILES string of the molecule is CC(C)(C)OC(=O)NCC1CCC(NC(=O)C2CNc3cc(Cl)ccc3O2)CC1. The third kappa shape index (κ3) is 6.42. The summed E-state index contributed by atoms with van der Waals surface area (Å²) in [5, 5.41) is 9.77. The number of carbonyl (C=O) groups excluding carboxylic acids is 2. The van der Waals surface area contributed by atoms with Crippen molar-refractivity contribution in [2.75, 3.05) is 18.4 Å². The van der Waals surface area contributed by atoms with Crippen molar-refractivity contribution in [1.29, 1.82) is 0 Å². The fraction of sp³-hybridized carbons (Fsp3) is 0.619. The average Bonchev–Trinajstić information content (AvgIpc) is 2.65. The molecule has 0 aromatic heterocycles. The molecule has 7 nitrogen and oxygen atoms in total. The summed E-state index contributed by atoms with van der Waals surface area (Å²) >= 11 is 5.98. The topological polar surface area (TPSA) is 88.7 Å². The molecule has 3 rings (SSSR count). The highest BCUT2D eigenvalue weighted by atomic mass is 35.5. The number of anilines is 1. The lowest BCUT2D eigenvalue weighted by atomic mass is 9.86. The molecule has 1 aliphatic heterocycles. The zero-order valence-corrected chi connectivity index (χ0v) is 18.0. The van der Waals surface area contributed by atoms with Gasteiger partial charge >= 0.3 is 6.09 Å². The van der Waals surface area contributed by atoms with Crippen molar-refractivity contribution in [2.24, 2.45) is 5.92 Å². The molecule has 1 atom stereocenters. The first-order valence-corrected chi connectivity index (χ1v) is 10.5. The van der Waals surface area contributed by atoms with Crippen molar-refractivity contribution in [2.45, 2.75) is 64.2 Å². The number of nitrogens with one attached hydrogen (secondary N) is 3. The number of ether oxygens (including phenoxy) is 2. The third-order valence-corrected chi connectivity index (χ3v) is 5.34. The van der Waals surface area contributed by atoms with E-state index in [0.717, 1.165) is 31.4 Å². The van der Waals surface area contributed by atoms with E-state index in [9.17, 15) is 9.59 Å². The van der Waals surface area contributed by atoms with Crippen molar-refractivity contribution in [1.82, 2.24) is 10.6 Å². The monoisotopic (exact) mass is 423 g/mol. The number of amides is 2. The predicted octanol–water partition coefficient (Wildman–Crippen LogP) is 3.71. The summed E-state index contributed by atoms with van der Waals surface area (Å²) < 4.78 is 11.1. The highest BCUT2D eigenvalue weighted by Crippen LogP contribution is 2.32. The van der Waals surface area contributed by atoms with Crippen molar-refractivity contribution < 1.29 is 19.1 Å². The van der Waals surface area contributed by atoms with E-state index in [1.165, 1.54) is 0 Å². The minimum absolute atomic E-state index is 0.103. The second-order valence-corrected chi connectivity index (χ2v) is 9.17. The van der Waals surface area contributed by atoms with Crippen LogP contribution < -0.4 is 20.7 Å². The van der Waals surface area contributed by atoms with Gasteiger partial charge in [0.1, 0.15) is 11.4 Å². The van der Waals surface area contributed by atoms with E-state index in [2.05, 4.69) is 16.0 Å². The van der Waals surface area contributed by atoms with E-state index in [-0.39, 0.29) is 18.0 Å². The van der Waals surface area contributed by atoms with Crippen LogP contribution in [0.3, 0.4) is 0 Å². The molecule has 29 heavy (non-hydrogen) atoms. The maximum Gasteiger partial charge on any atom is 0.407 e. The maximum atomic E-state index is 12.6. The van der Waals surface area contributed by atoms with Crippen LogP contribution in [0.5, 0.6) is 5.75 Å². The standard InChI is InChI=1S/C21H30ClN3O4/c1-21(2,3)29-20(27)24-11-13-4-7-15(8-5-13)25-19(26)18-12-23-16-10-14(22)6-9-17(16)28-18/h6,9-10,13,15,18,23H,4-5,7-8,11-12H2,1-3H3,(H,24,27)(H,25,26). The number of halogens is 1. The van der Waals surface area contributed by atoms with Crippen molar-refractivity contribution >= 4 is 29.3 Å². The van der Waals surface area contributed by atoms with Gasteiger partial charge in [0.05, 0.1) is 12.2 Å². The summed E-state index contributed by atoms with van der Waals surface area (Å²) in [6, 6.07) is 5.44. The van der Waals surface area contributed by atoms with Crippen molar-refractivity contribution in [3.8, 4) is 5.75 Å². The van der Waals surface area contributed by atoms with Gasteiger partial charge in [-0.1, -0.05) is 11.6 Å². The lowest BCUT2D eigenvalue weighted by Gasteiger charge is -2.32. The third-order valence-electron chi connectivity index (χ3n) is 5.11. The number of rotatable bonds is 4. The highest BCUT2D eigenvalue weighted by Gasteiger charge is 2.29. The molecule has 0 spiro atoms. The summed E-state index contributed by atoms with van der Waals surface area (Å²) in [5.41, 5.74) is 0.314. The van der Waals surface area contributed by atoms with Crippen LogP contribution in [0.15, 0.2) is 18.2 Å². The molecule has 0 saturated heterocycles. The van der Waals surface area contributed by atoms with Crippen LogP contribution in [0, 0.1) is 5.92 Å². The molecule has 1 aromatic carbocycles. The first-order chi connectivity index (χ1) is 13.7. The zero-order valence-electron chi connectivity index (χ0n) is 17.2. The Hall–Kier alpha value is -2.15. The number of benzene rings is 1. The van der Waals surface area contributed by atoms with Gasteiger partial charge in [-0.25, -0.2) is 4.79 Å². The van der Waals surface area contributed by atoms with E-state index in [0.29, 0.717) is 29.8 Å². The Labute approximate surface area is 176 Å². The van der Waals surface area contributed by atoms with Crippen LogP contribution in [0.25, 0.3) is 0 Å².